The third kappa shape index (κ3) is 2.58. The van der Waals surface area contributed by atoms with Crippen LogP contribution in [0.5, 0.6) is 0 Å². The molecule has 7 heteroatoms. The van der Waals surface area contributed by atoms with Crippen LogP contribution >= 0.6 is 0 Å². The average Bonchev–Trinajstić information content (AvgIpc) is 2.84. The summed E-state index contributed by atoms with van der Waals surface area (Å²) in [7, 11) is 1.61. The molecule has 0 radical (unpaired) electrons. The lowest BCUT2D eigenvalue weighted by molar-refractivity contribution is -0.385. The van der Waals surface area contributed by atoms with Crippen molar-refractivity contribution >= 4 is 16.7 Å². The van der Waals surface area contributed by atoms with Gasteiger partial charge in [0.05, 0.1) is 10.3 Å². The second-order valence-corrected chi connectivity index (χ2v) is 5.75. The smallest absolute Gasteiger partial charge is 0.321 e. The van der Waals surface area contributed by atoms with Gasteiger partial charge >= 0.3 is 5.69 Å². The molecule has 0 aliphatic carbocycles. The molecule has 0 amide bonds. The standard InChI is InChI=1S/C17H17N3O4/c1-4-5-12-16(20(22)23)17(19(3)18-12)15-9-13(21)11-8-10(2)6-7-14(11)24-15/h6-9H,4-5H2,1-3H3. The van der Waals surface area contributed by atoms with E-state index >= 15 is 0 Å². The van der Waals surface area contributed by atoms with E-state index in [9.17, 15) is 14.9 Å². The Hall–Kier alpha value is -2.96. The number of nitro groups is 1. The molecule has 3 rings (SSSR count). The largest absolute Gasteiger partial charge is 0.454 e. The molecule has 2 heterocycles. The normalized spacial score (nSPS) is 11.1. The summed E-state index contributed by atoms with van der Waals surface area (Å²) in [5.41, 5.74) is 1.61. The Morgan fingerprint density at radius 3 is 2.75 bits per heavy atom. The molecule has 3 aromatic rings. The number of aromatic nitrogens is 2. The molecule has 1 aromatic carbocycles. The van der Waals surface area contributed by atoms with Crippen molar-refractivity contribution in [2.45, 2.75) is 26.7 Å². The first-order chi connectivity index (χ1) is 11.4. The number of nitrogens with zero attached hydrogens (tertiary/aromatic N) is 3. The predicted octanol–water partition coefficient (Wildman–Crippen LogP) is 3.36. The van der Waals surface area contributed by atoms with Gasteiger partial charge in [-0.2, -0.15) is 5.10 Å². The Labute approximate surface area is 137 Å². The average molecular weight is 327 g/mol. The maximum atomic E-state index is 12.4. The van der Waals surface area contributed by atoms with Gasteiger partial charge in [0.25, 0.3) is 0 Å². The predicted molar refractivity (Wildman–Crippen MR) is 90.1 cm³/mol. The third-order valence-electron chi connectivity index (χ3n) is 3.88. The van der Waals surface area contributed by atoms with E-state index in [1.165, 1.54) is 10.7 Å². The highest BCUT2D eigenvalue weighted by Crippen LogP contribution is 2.33. The minimum atomic E-state index is -0.466. The molecule has 0 N–H and O–H groups in total. The topological polar surface area (TPSA) is 91.2 Å². The molecule has 2 aromatic heterocycles. The molecule has 0 fully saturated rings. The van der Waals surface area contributed by atoms with Crippen LogP contribution < -0.4 is 5.43 Å². The van der Waals surface area contributed by atoms with Gasteiger partial charge in [0.2, 0.25) is 0 Å². The minimum Gasteiger partial charge on any atom is -0.454 e. The van der Waals surface area contributed by atoms with E-state index in [-0.39, 0.29) is 22.6 Å². The van der Waals surface area contributed by atoms with Crippen molar-refractivity contribution in [2.24, 2.45) is 7.05 Å². The lowest BCUT2D eigenvalue weighted by Crippen LogP contribution is -2.03. The van der Waals surface area contributed by atoms with Crippen LogP contribution in [-0.4, -0.2) is 14.7 Å². The van der Waals surface area contributed by atoms with Gasteiger partial charge < -0.3 is 4.42 Å². The molecular formula is C17H17N3O4. The molecule has 0 saturated carbocycles. The van der Waals surface area contributed by atoms with Crippen LogP contribution in [-0.2, 0) is 13.5 Å². The summed E-state index contributed by atoms with van der Waals surface area (Å²) in [5, 5.41) is 16.2. The fourth-order valence-electron chi connectivity index (χ4n) is 2.83. The molecule has 24 heavy (non-hydrogen) atoms. The van der Waals surface area contributed by atoms with Crippen molar-refractivity contribution in [2.75, 3.05) is 0 Å². The van der Waals surface area contributed by atoms with E-state index in [0.29, 0.717) is 23.1 Å². The highest BCUT2D eigenvalue weighted by atomic mass is 16.6. The lowest BCUT2D eigenvalue weighted by atomic mass is 10.1. The number of hydrogen-bond acceptors (Lipinski definition) is 5. The van der Waals surface area contributed by atoms with Crippen molar-refractivity contribution in [3.8, 4) is 11.5 Å². The van der Waals surface area contributed by atoms with Crippen LogP contribution in [0.25, 0.3) is 22.4 Å². The Bertz CT molecular complexity index is 1000. The van der Waals surface area contributed by atoms with E-state index in [1.54, 1.807) is 19.2 Å². The van der Waals surface area contributed by atoms with Gasteiger partial charge in [-0.05, 0) is 25.5 Å². The number of rotatable bonds is 4. The highest BCUT2D eigenvalue weighted by Gasteiger charge is 2.29. The van der Waals surface area contributed by atoms with Crippen molar-refractivity contribution < 1.29 is 9.34 Å². The quantitative estimate of drug-likeness (QED) is 0.541. The molecule has 0 atom stereocenters. The van der Waals surface area contributed by atoms with Crippen molar-refractivity contribution in [3.05, 3.63) is 55.9 Å². The van der Waals surface area contributed by atoms with Crippen LogP contribution in [0.2, 0.25) is 0 Å². The van der Waals surface area contributed by atoms with Crippen LogP contribution in [0.3, 0.4) is 0 Å². The Balaban J connectivity index is 2.30. The van der Waals surface area contributed by atoms with Crippen LogP contribution in [0.4, 0.5) is 5.69 Å². The highest BCUT2D eigenvalue weighted by molar-refractivity contribution is 5.80. The molecule has 0 saturated heterocycles. The number of fused-ring (bicyclic) bond motifs is 1. The van der Waals surface area contributed by atoms with Crippen LogP contribution in [0, 0.1) is 17.0 Å². The zero-order valence-corrected chi connectivity index (χ0v) is 13.7. The Morgan fingerprint density at radius 2 is 2.08 bits per heavy atom. The maximum absolute atomic E-state index is 12.4. The summed E-state index contributed by atoms with van der Waals surface area (Å²) in [6.45, 7) is 3.81. The van der Waals surface area contributed by atoms with Crippen LogP contribution in [0.15, 0.2) is 33.5 Å². The fourth-order valence-corrected chi connectivity index (χ4v) is 2.83. The molecule has 7 nitrogen and oxygen atoms in total. The lowest BCUT2D eigenvalue weighted by Gasteiger charge is -2.04. The Morgan fingerprint density at radius 1 is 1.33 bits per heavy atom. The first-order valence-electron chi connectivity index (χ1n) is 7.67. The number of hydrogen-bond donors (Lipinski definition) is 0. The SMILES string of the molecule is CCCc1nn(C)c(-c2cc(=O)c3cc(C)ccc3o2)c1[N+](=O)[O-]. The van der Waals surface area contributed by atoms with Crippen molar-refractivity contribution in [3.63, 3.8) is 0 Å². The van der Waals surface area contributed by atoms with E-state index in [1.807, 2.05) is 19.9 Å². The van der Waals surface area contributed by atoms with Gasteiger partial charge in [0.15, 0.2) is 16.9 Å². The first kappa shape index (κ1) is 15.9. The van der Waals surface area contributed by atoms with E-state index < -0.39 is 4.92 Å². The molecule has 0 bridgehead atoms. The van der Waals surface area contributed by atoms with Gasteiger partial charge in [-0.15, -0.1) is 0 Å². The first-order valence-corrected chi connectivity index (χ1v) is 7.67. The van der Waals surface area contributed by atoms with Gasteiger partial charge in [-0.3, -0.25) is 19.6 Å². The maximum Gasteiger partial charge on any atom is 0.321 e. The second-order valence-electron chi connectivity index (χ2n) is 5.75. The van der Waals surface area contributed by atoms with Crippen molar-refractivity contribution in [1.29, 1.82) is 0 Å². The summed E-state index contributed by atoms with van der Waals surface area (Å²) in [6.07, 6.45) is 1.22. The van der Waals surface area contributed by atoms with Crippen molar-refractivity contribution in [1.82, 2.24) is 9.78 Å². The summed E-state index contributed by atoms with van der Waals surface area (Å²) in [4.78, 5) is 23.5. The Kier molecular flexibility index (Phi) is 3.92. The van der Waals surface area contributed by atoms with Crippen LogP contribution in [0.1, 0.15) is 24.6 Å². The summed E-state index contributed by atoms with van der Waals surface area (Å²) in [5.74, 6) is 0.153. The molecule has 124 valence electrons. The summed E-state index contributed by atoms with van der Waals surface area (Å²) < 4.78 is 7.19. The molecule has 0 aliphatic rings. The second kappa shape index (κ2) is 5.92. The van der Waals surface area contributed by atoms with Gasteiger partial charge in [0.1, 0.15) is 11.3 Å². The zero-order chi connectivity index (χ0) is 17.4. The molecule has 0 unspecified atom stereocenters. The number of aryl methyl sites for hydroxylation is 3. The van der Waals surface area contributed by atoms with Gasteiger partial charge in [0, 0.05) is 13.1 Å². The van der Waals surface area contributed by atoms with Gasteiger partial charge in [-0.1, -0.05) is 25.0 Å². The van der Waals surface area contributed by atoms with E-state index in [2.05, 4.69) is 5.10 Å². The molecular weight excluding hydrogens is 310 g/mol. The fraction of sp³-hybridized carbons (Fsp3) is 0.294. The molecule has 0 spiro atoms. The third-order valence-corrected chi connectivity index (χ3v) is 3.88. The minimum absolute atomic E-state index is 0.103. The summed E-state index contributed by atoms with van der Waals surface area (Å²) in [6, 6.07) is 6.56. The zero-order valence-electron chi connectivity index (χ0n) is 13.7. The monoisotopic (exact) mass is 327 g/mol. The summed E-state index contributed by atoms with van der Waals surface area (Å²) >= 11 is 0. The van der Waals surface area contributed by atoms with E-state index in [4.69, 9.17) is 4.42 Å². The van der Waals surface area contributed by atoms with E-state index in [0.717, 1.165) is 12.0 Å². The van der Waals surface area contributed by atoms with Gasteiger partial charge in [-0.25, -0.2) is 0 Å². The molecule has 0 aliphatic heterocycles. The number of benzene rings is 1.